The van der Waals surface area contributed by atoms with Crippen LogP contribution in [0.25, 0.3) is 0 Å². The van der Waals surface area contributed by atoms with E-state index in [1.165, 1.54) is 6.07 Å². The molecule has 4 nitrogen and oxygen atoms in total. The van der Waals surface area contributed by atoms with Gasteiger partial charge in [-0.05, 0) is 30.7 Å². The first-order valence-corrected chi connectivity index (χ1v) is 6.02. The first-order valence-electron chi connectivity index (χ1n) is 5.64. The summed E-state index contributed by atoms with van der Waals surface area (Å²) in [5.74, 6) is 0.553. The quantitative estimate of drug-likeness (QED) is 0.905. The summed E-state index contributed by atoms with van der Waals surface area (Å²) in [6.45, 7) is 0.573. The lowest BCUT2D eigenvalue weighted by atomic mass is 10.1. The fraction of sp³-hybridized carbons (Fsp3) is 0.333. The van der Waals surface area contributed by atoms with Crippen molar-refractivity contribution in [2.24, 2.45) is 5.73 Å². The third kappa shape index (κ3) is 3.27. The number of nitrogens with zero attached hydrogens (tertiary/aromatic N) is 2. The van der Waals surface area contributed by atoms with Gasteiger partial charge in [-0.15, -0.1) is 10.2 Å². The first kappa shape index (κ1) is 13.0. The van der Waals surface area contributed by atoms with Crippen LogP contribution in [0.5, 0.6) is 0 Å². The second-order valence-electron chi connectivity index (χ2n) is 3.89. The van der Waals surface area contributed by atoms with Crippen molar-refractivity contribution in [2.45, 2.75) is 19.3 Å². The highest BCUT2D eigenvalue weighted by Gasteiger charge is 2.10. The largest absolute Gasteiger partial charge is 0.425 e. The summed E-state index contributed by atoms with van der Waals surface area (Å²) in [5, 5.41) is 8.11. The predicted molar refractivity (Wildman–Crippen MR) is 65.9 cm³/mol. The Bertz CT molecular complexity index is 530. The molecule has 0 amide bonds. The molecule has 0 saturated heterocycles. The Balaban J connectivity index is 2.06. The molecule has 6 heteroatoms. The second kappa shape index (κ2) is 5.93. The van der Waals surface area contributed by atoms with E-state index in [9.17, 15) is 4.39 Å². The van der Waals surface area contributed by atoms with Gasteiger partial charge in [-0.3, -0.25) is 0 Å². The van der Waals surface area contributed by atoms with E-state index in [4.69, 9.17) is 21.8 Å². The van der Waals surface area contributed by atoms with Crippen LogP contribution in [-0.2, 0) is 12.8 Å². The summed E-state index contributed by atoms with van der Waals surface area (Å²) in [5.41, 5.74) is 5.87. The number of rotatable bonds is 5. The number of aromatic nitrogens is 2. The minimum atomic E-state index is -0.371. The van der Waals surface area contributed by atoms with Crippen molar-refractivity contribution < 1.29 is 8.81 Å². The molecule has 2 aromatic rings. The molecule has 2 rings (SSSR count). The van der Waals surface area contributed by atoms with Crippen molar-refractivity contribution in [1.29, 1.82) is 0 Å². The van der Waals surface area contributed by atoms with Gasteiger partial charge in [0, 0.05) is 11.4 Å². The monoisotopic (exact) mass is 269 g/mol. The minimum absolute atomic E-state index is 0.263. The average Bonchev–Trinajstić information content (AvgIpc) is 2.78. The highest BCUT2D eigenvalue weighted by Crippen LogP contribution is 2.17. The zero-order valence-electron chi connectivity index (χ0n) is 9.70. The van der Waals surface area contributed by atoms with Gasteiger partial charge in [-0.1, -0.05) is 17.7 Å². The molecule has 0 aliphatic carbocycles. The highest BCUT2D eigenvalue weighted by molar-refractivity contribution is 6.30. The van der Waals surface area contributed by atoms with E-state index in [0.29, 0.717) is 35.3 Å². The molecular weight excluding hydrogens is 257 g/mol. The molecule has 0 atom stereocenters. The van der Waals surface area contributed by atoms with Crippen molar-refractivity contribution in [2.75, 3.05) is 6.54 Å². The number of benzene rings is 1. The van der Waals surface area contributed by atoms with E-state index in [-0.39, 0.29) is 12.2 Å². The van der Waals surface area contributed by atoms with Crippen LogP contribution >= 0.6 is 11.6 Å². The molecule has 0 bridgehead atoms. The maximum Gasteiger partial charge on any atom is 0.221 e. The van der Waals surface area contributed by atoms with Crippen LogP contribution in [0.4, 0.5) is 4.39 Å². The van der Waals surface area contributed by atoms with E-state index in [1.54, 1.807) is 12.1 Å². The Morgan fingerprint density at radius 3 is 2.78 bits per heavy atom. The molecule has 1 aromatic heterocycles. The lowest BCUT2D eigenvalue weighted by Gasteiger charge is -1.99. The van der Waals surface area contributed by atoms with Gasteiger partial charge in [0.25, 0.3) is 0 Å². The molecule has 0 fully saturated rings. The van der Waals surface area contributed by atoms with Gasteiger partial charge in [-0.2, -0.15) is 0 Å². The van der Waals surface area contributed by atoms with E-state index in [0.717, 1.165) is 6.42 Å². The predicted octanol–water partition coefficient (Wildman–Crippen LogP) is 2.34. The van der Waals surface area contributed by atoms with E-state index in [2.05, 4.69) is 10.2 Å². The molecule has 18 heavy (non-hydrogen) atoms. The van der Waals surface area contributed by atoms with Crippen LogP contribution in [0, 0.1) is 5.82 Å². The van der Waals surface area contributed by atoms with Crippen LogP contribution in [-0.4, -0.2) is 16.7 Å². The number of aryl methyl sites for hydroxylation is 1. The molecule has 0 saturated carbocycles. The van der Waals surface area contributed by atoms with Crippen molar-refractivity contribution in [1.82, 2.24) is 10.2 Å². The van der Waals surface area contributed by atoms with Gasteiger partial charge >= 0.3 is 0 Å². The molecular formula is C12H13ClFN3O. The summed E-state index contributed by atoms with van der Waals surface area (Å²) in [6.07, 6.45) is 1.70. The zero-order valence-corrected chi connectivity index (χ0v) is 10.5. The maximum atomic E-state index is 13.6. The number of nitrogens with two attached hydrogens (primary N) is 1. The average molecular weight is 270 g/mol. The summed E-state index contributed by atoms with van der Waals surface area (Å²) in [6, 6.07) is 4.51. The van der Waals surface area contributed by atoms with Crippen LogP contribution in [0.15, 0.2) is 22.6 Å². The molecule has 0 spiro atoms. The molecule has 0 aliphatic rings. The Kier molecular flexibility index (Phi) is 4.28. The Morgan fingerprint density at radius 1 is 1.28 bits per heavy atom. The maximum absolute atomic E-state index is 13.6. The molecule has 1 aromatic carbocycles. The van der Waals surface area contributed by atoms with Gasteiger partial charge in [0.1, 0.15) is 5.82 Å². The standard InChI is InChI=1S/C12H13ClFN3O/c13-9-4-3-8(10(14)7-9)6-12-17-16-11(18-12)2-1-5-15/h3-4,7H,1-2,5-6,15H2. The zero-order chi connectivity index (χ0) is 13.0. The summed E-state index contributed by atoms with van der Waals surface area (Å²) in [7, 11) is 0. The lowest BCUT2D eigenvalue weighted by molar-refractivity contribution is 0.450. The minimum Gasteiger partial charge on any atom is -0.425 e. The SMILES string of the molecule is NCCCc1nnc(Cc2ccc(Cl)cc2F)o1. The molecule has 96 valence electrons. The highest BCUT2D eigenvalue weighted by atomic mass is 35.5. The van der Waals surface area contributed by atoms with E-state index >= 15 is 0 Å². The van der Waals surface area contributed by atoms with Crippen LogP contribution in [0.2, 0.25) is 5.02 Å². The number of hydrogen-bond donors (Lipinski definition) is 1. The van der Waals surface area contributed by atoms with Crippen LogP contribution in [0.3, 0.4) is 0 Å². The normalized spacial score (nSPS) is 10.8. The molecule has 2 N–H and O–H groups in total. The van der Waals surface area contributed by atoms with Crippen LogP contribution < -0.4 is 5.73 Å². The Hall–Kier alpha value is -1.46. The van der Waals surface area contributed by atoms with Gasteiger partial charge in [0.2, 0.25) is 11.8 Å². The number of halogens is 2. The van der Waals surface area contributed by atoms with Gasteiger partial charge in [0.15, 0.2) is 0 Å². The van der Waals surface area contributed by atoms with Crippen molar-refractivity contribution >= 4 is 11.6 Å². The molecule has 1 heterocycles. The third-order valence-corrected chi connectivity index (χ3v) is 2.70. The molecule has 0 radical (unpaired) electrons. The third-order valence-electron chi connectivity index (χ3n) is 2.46. The smallest absolute Gasteiger partial charge is 0.221 e. The van der Waals surface area contributed by atoms with Crippen molar-refractivity contribution in [3.05, 3.63) is 46.4 Å². The summed E-state index contributed by atoms with van der Waals surface area (Å²) >= 11 is 5.68. The fourth-order valence-electron chi connectivity index (χ4n) is 1.54. The molecule has 0 unspecified atom stereocenters. The fourth-order valence-corrected chi connectivity index (χ4v) is 1.70. The Morgan fingerprint density at radius 2 is 2.06 bits per heavy atom. The summed E-state index contributed by atoms with van der Waals surface area (Å²) < 4.78 is 19.0. The Labute approximate surface area is 109 Å². The lowest BCUT2D eigenvalue weighted by Crippen LogP contribution is -2.00. The van der Waals surface area contributed by atoms with Crippen molar-refractivity contribution in [3.63, 3.8) is 0 Å². The topological polar surface area (TPSA) is 64.9 Å². The van der Waals surface area contributed by atoms with Gasteiger partial charge in [-0.25, -0.2) is 4.39 Å². The first-order chi connectivity index (χ1) is 8.69. The van der Waals surface area contributed by atoms with Gasteiger partial charge in [0.05, 0.1) is 6.42 Å². The van der Waals surface area contributed by atoms with Crippen LogP contribution in [0.1, 0.15) is 23.8 Å². The van der Waals surface area contributed by atoms with E-state index in [1.807, 2.05) is 0 Å². The second-order valence-corrected chi connectivity index (χ2v) is 4.33. The number of hydrogen-bond acceptors (Lipinski definition) is 4. The van der Waals surface area contributed by atoms with E-state index < -0.39 is 0 Å². The summed E-state index contributed by atoms with van der Waals surface area (Å²) in [4.78, 5) is 0. The molecule has 0 aliphatic heterocycles. The van der Waals surface area contributed by atoms with Gasteiger partial charge < -0.3 is 10.2 Å². The van der Waals surface area contributed by atoms with Crippen molar-refractivity contribution in [3.8, 4) is 0 Å².